The van der Waals surface area contributed by atoms with Crippen LogP contribution in [0.4, 0.5) is 0 Å². The second kappa shape index (κ2) is 6.13. The molecule has 0 aromatic carbocycles. The molecule has 0 amide bonds. The minimum absolute atomic E-state index is 0.0340. The fourth-order valence-corrected chi connectivity index (χ4v) is 2.10. The standard InChI is InChI=1S/C12H13NO4S/c1-3-5-9-7-10(12(14)15)8-13(18(16)17)11(9)6-4-2/h3-7H,1-2,8H2,(H,14,15)(H,16,17)/b9-5-,11-6+. The van der Waals surface area contributed by atoms with Crippen molar-refractivity contribution in [3.8, 4) is 0 Å². The molecule has 0 fully saturated rings. The first kappa shape index (κ1) is 14.1. The van der Waals surface area contributed by atoms with Gasteiger partial charge in [-0.15, -0.1) is 0 Å². The Morgan fingerprint density at radius 2 is 2.00 bits per heavy atom. The number of carbonyl (C=O) groups is 1. The molecule has 1 aliphatic heterocycles. The van der Waals surface area contributed by atoms with Crippen molar-refractivity contribution in [2.75, 3.05) is 6.54 Å². The largest absolute Gasteiger partial charge is 0.478 e. The van der Waals surface area contributed by atoms with Gasteiger partial charge in [0.05, 0.1) is 17.8 Å². The van der Waals surface area contributed by atoms with E-state index in [1.165, 1.54) is 18.2 Å². The molecule has 0 radical (unpaired) electrons. The molecular formula is C12H13NO4S. The molecule has 0 bridgehead atoms. The van der Waals surface area contributed by atoms with Gasteiger partial charge < -0.3 is 5.11 Å². The maximum Gasteiger partial charge on any atom is 0.333 e. The summed E-state index contributed by atoms with van der Waals surface area (Å²) in [6.07, 6.45) is 7.50. The Balaban J connectivity index is 3.37. The molecule has 1 heterocycles. The zero-order valence-corrected chi connectivity index (χ0v) is 10.4. The van der Waals surface area contributed by atoms with Crippen LogP contribution in [0.5, 0.6) is 0 Å². The van der Waals surface area contributed by atoms with Crippen molar-refractivity contribution in [2.24, 2.45) is 0 Å². The summed E-state index contributed by atoms with van der Waals surface area (Å²) in [6.45, 7) is 6.90. The van der Waals surface area contributed by atoms with Gasteiger partial charge in [0.1, 0.15) is 0 Å². The molecule has 0 aliphatic carbocycles. The topological polar surface area (TPSA) is 77.8 Å². The molecule has 1 rings (SSSR count). The van der Waals surface area contributed by atoms with E-state index in [0.29, 0.717) is 11.3 Å². The Morgan fingerprint density at radius 1 is 1.39 bits per heavy atom. The molecule has 0 saturated heterocycles. The van der Waals surface area contributed by atoms with Crippen LogP contribution in [-0.2, 0) is 16.1 Å². The number of rotatable bonds is 4. The van der Waals surface area contributed by atoms with E-state index >= 15 is 0 Å². The van der Waals surface area contributed by atoms with Gasteiger partial charge >= 0.3 is 5.97 Å². The highest BCUT2D eigenvalue weighted by atomic mass is 32.2. The van der Waals surface area contributed by atoms with E-state index in [4.69, 9.17) is 5.11 Å². The zero-order valence-electron chi connectivity index (χ0n) is 9.57. The van der Waals surface area contributed by atoms with Crippen LogP contribution >= 0.6 is 0 Å². The van der Waals surface area contributed by atoms with Crippen molar-refractivity contribution in [1.29, 1.82) is 0 Å². The first-order valence-electron chi connectivity index (χ1n) is 4.99. The predicted molar refractivity (Wildman–Crippen MR) is 69.8 cm³/mol. The lowest BCUT2D eigenvalue weighted by Gasteiger charge is -2.28. The van der Waals surface area contributed by atoms with Crippen molar-refractivity contribution in [1.82, 2.24) is 4.31 Å². The number of hydrogen-bond donors (Lipinski definition) is 2. The van der Waals surface area contributed by atoms with Crippen molar-refractivity contribution in [3.63, 3.8) is 0 Å². The quantitative estimate of drug-likeness (QED) is 0.759. The van der Waals surface area contributed by atoms with Crippen molar-refractivity contribution < 1.29 is 18.7 Å². The van der Waals surface area contributed by atoms with E-state index in [2.05, 4.69) is 13.2 Å². The van der Waals surface area contributed by atoms with E-state index in [0.717, 1.165) is 4.31 Å². The van der Waals surface area contributed by atoms with Gasteiger partial charge in [0.15, 0.2) is 0 Å². The van der Waals surface area contributed by atoms with Crippen LogP contribution < -0.4 is 0 Å². The number of carboxylic acids is 1. The Kier molecular flexibility index (Phi) is 4.82. The number of carboxylic acid groups (broad SMARTS) is 1. The van der Waals surface area contributed by atoms with Crippen LogP contribution in [0.3, 0.4) is 0 Å². The Hall–Kier alpha value is -1.92. The summed E-state index contributed by atoms with van der Waals surface area (Å²) in [4.78, 5) is 11.0. The second-order valence-electron chi connectivity index (χ2n) is 3.39. The SMILES string of the molecule is C=C/C=C1/C=C(C(=O)O)CN(S(=O)O)/C1=C/C=C. The lowest BCUT2D eigenvalue weighted by molar-refractivity contribution is -0.132. The molecular weight excluding hydrogens is 254 g/mol. The van der Waals surface area contributed by atoms with E-state index in [9.17, 15) is 13.6 Å². The number of allylic oxidation sites excluding steroid dienone is 5. The lowest BCUT2D eigenvalue weighted by Crippen LogP contribution is -2.33. The van der Waals surface area contributed by atoms with Gasteiger partial charge in [0.2, 0.25) is 0 Å². The van der Waals surface area contributed by atoms with Crippen LogP contribution in [0.25, 0.3) is 0 Å². The average molecular weight is 267 g/mol. The molecule has 1 unspecified atom stereocenters. The van der Waals surface area contributed by atoms with Gasteiger partial charge in [-0.25, -0.2) is 9.00 Å². The highest BCUT2D eigenvalue weighted by Gasteiger charge is 2.26. The minimum Gasteiger partial charge on any atom is -0.478 e. The maximum absolute atomic E-state index is 11.2. The summed E-state index contributed by atoms with van der Waals surface area (Å²) in [5.41, 5.74) is 0.957. The van der Waals surface area contributed by atoms with Crippen LogP contribution in [0, 0.1) is 0 Å². The molecule has 0 aromatic heterocycles. The van der Waals surface area contributed by atoms with E-state index in [-0.39, 0.29) is 12.1 Å². The van der Waals surface area contributed by atoms with Crippen LogP contribution in [0.2, 0.25) is 0 Å². The third-order valence-electron chi connectivity index (χ3n) is 2.24. The normalized spacial score (nSPS) is 21.6. The fraction of sp³-hybridized carbons (Fsp3) is 0.0833. The van der Waals surface area contributed by atoms with Gasteiger partial charge in [-0.3, -0.25) is 8.86 Å². The van der Waals surface area contributed by atoms with Crippen molar-refractivity contribution >= 4 is 17.2 Å². The summed E-state index contributed by atoms with van der Waals surface area (Å²) in [5.74, 6) is -1.13. The molecule has 0 aromatic rings. The van der Waals surface area contributed by atoms with E-state index < -0.39 is 17.2 Å². The van der Waals surface area contributed by atoms with Crippen LogP contribution in [0.1, 0.15) is 0 Å². The molecule has 0 spiro atoms. The second-order valence-corrected chi connectivity index (χ2v) is 4.29. The minimum atomic E-state index is -2.31. The molecule has 6 heteroatoms. The predicted octanol–water partition coefficient (Wildman–Crippen LogP) is 1.63. The monoisotopic (exact) mass is 267 g/mol. The molecule has 1 atom stereocenters. The molecule has 96 valence electrons. The molecule has 2 N–H and O–H groups in total. The molecule has 0 saturated carbocycles. The van der Waals surface area contributed by atoms with Gasteiger partial charge in [-0.1, -0.05) is 31.4 Å². The van der Waals surface area contributed by atoms with Crippen LogP contribution in [-0.4, -0.2) is 30.7 Å². The third-order valence-corrected chi connectivity index (χ3v) is 2.95. The summed E-state index contributed by atoms with van der Waals surface area (Å²) in [6, 6.07) is 0. The fourth-order valence-electron chi connectivity index (χ4n) is 1.51. The maximum atomic E-state index is 11.2. The Labute approximate surface area is 108 Å². The molecule has 5 nitrogen and oxygen atoms in total. The summed E-state index contributed by atoms with van der Waals surface area (Å²) >= 11 is -2.31. The molecule has 18 heavy (non-hydrogen) atoms. The Morgan fingerprint density at radius 3 is 2.44 bits per heavy atom. The number of hydrogen-bond acceptors (Lipinski definition) is 2. The van der Waals surface area contributed by atoms with E-state index in [1.807, 2.05) is 0 Å². The van der Waals surface area contributed by atoms with Crippen molar-refractivity contribution in [2.45, 2.75) is 0 Å². The van der Waals surface area contributed by atoms with Gasteiger partial charge in [-0.2, -0.15) is 0 Å². The van der Waals surface area contributed by atoms with Crippen LogP contribution in [0.15, 0.2) is 60.4 Å². The lowest BCUT2D eigenvalue weighted by atomic mass is 10.0. The van der Waals surface area contributed by atoms with Crippen molar-refractivity contribution in [3.05, 3.63) is 60.4 Å². The first-order valence-corrected chi connectivity index (χ1v) is 6.05. The molecule has 1 aliphatic rings. The summed E-state index contributed by atoms with van der Waals surface area (Å²) in [7, 11) is 0. The number of aliphatic carboxylic acids is 1. The number of nitrogens with zero attached hydrogens (tertiary/aromatic N) is 1. The highest BCUT2D eigenvalue weighted by molar-refractivity contribution is 7.76. The zero-order chi connectivity index (χ0) is 13.7. The highest BCUT2D eigenvalue weighted by Crippen LogP contribution is 2.26. The smallest absolute Gasteiger partial charge is 0.333 e. The van der Waals surface area contributed by atoms with Gasteiger partial charge in [-0.05, 0) is 17.7 Å². The Bertz CT molecular complexity index is 502. The van der Waals surface area contributed by atoms with Gasteiger partial charge in [0, 0.05) is 0 Å². The van der Waals surface area contributed by atoms with E-state index in [1.54, 1.807) is 12.2 Å². The van der Waals surface area contributed by atoms with Gasteiger partial charge in [0.25, 0.3) is 11.3 Å². The third kappa shape index (κ3) is 3.06. The summed E-state index contributed by atoms with van der Waals surface area (Å²) < 4.78 is 21.5. The average Bonchev–Trinajstić information content (AvgIpc) is 2.30. The summed E-state index contributed by atoms with van der Waals surface area (Å²) in [5, 5.41) is 8.97. The first-order chi connectivity index (χ1) is 8.51.